The number of fused-ring (bicyclic) bond motifs is 4. The molecule has 5 aromatic carbocycles. The Hall–Kier alpha value is -5.08. The molecule has 0 N–H and O–H groups in total. The molecule has 0 radical (unpaired) electrons. The molecule has 0 amide bonds. The highest BCUT2D eigenvalue weighted by Gasteiger charge is 2.17. The fourth-order valence-corrected chi connectivity index (χ4v) is 5.67. The molecular weight excluding hydrogens is 472 g/mol. The van der Waals surface area contributed by atoms with Crippen molar-refractivity contribution in [3.8, 4) is 16.8 Å². The van der Waals surface area contributed by atoms with Crippen LogP contribution >= 0.6 is 0 Å². The van der Waals surface area contributed by atoms with E-state index in [0.29, 0.717) is 0 Å². The van der Waals surface area contributed by atoms with Crippen molar-refractivity contribution in [2.45, 2.75) is 0 Å². The maximum atomic E-state index is 4.44. The molecule has 0 bridgehead atoms. The largest absolute Gasteiger partial charge is 0.337 e. The molecule has 2 heterocycles. The highest BCUT2D eigenvalue weighted by molar-refractivity contribution is 6.10. The van der Waals surface area contributed by atoms with Crippen LogP contribution in [0.15, 0.2) is 152 Å². The first kappa shape index (κ1) is 23.1. The molecule has 7 rings (SSSR count). The van der Waals surface area contributed by atoms with E-state index in [4.69, 9.17) is 0 Å². The number of benzene rings is 5. The van der Waals surface area contributed by atoms with E-state index in [9.17, 15) is 0 Å². The number of aromatic nitrogens is 1. The molecular formula is C37H28N2. The van der Waals surface area contributed by atoms with Gasteiger partial charge in [-0.3, -0.25) is 0 Å². The lowest BCUT2D eigenvalue weighted by atomic mass is 9.96. The van der Waals surface area contributed by atoms with Crippen molar-refractivity contribution in [2.24, 2.45) is 0 Å². The van der Waals surface area contributed by atoms with Crippen molar-refractivity contribution in [2.75, 3.05) is 11.4 Å². The highest BCUT2D eigenvalue weighted by atomic mass is 15.1. The first-order valence-electron chi connectivity index (χ1n) is 13.4. The molecule has 0 unspecified atom stereocenters. The van der Waals surface area contributed by atoms with Crippen LogP contribution in [-0.4, -0.2) is 11.1 Å². The highest BCUT2D eigenvalue weighted by Crippen LogP contribution is 2.39. The van der Waals surface area contributed by atoms with E-state index >= 15 is 0 Å². The number of anilines is 2. The lowest BCUT2D eigenvalue weighted by molar-refractivity contribution is 1.09. The van der Waals surface area contributed by atoms with E-state index in [1.165, 1.54) is 44.3 Å². The average molecular weight is 501 g/mol. The van der Waals surface area contributed by atoms with Crippen LogP contribution in [0.5, 0.6) is 0 Å². The number of hydrogen-bond donors (Lipinski definition) is 0. The third-order valence-corrected chi connectivity index (χ3v) is 7.56. The second-order valence-electron chi connectivity index (χ2n) is 9.91. The quantitative estimate of drug-likeness (QED) is 0.235. The van der Waals surface area contributed by atoms with Gasteiger partial charge in [-0.1, -0.05) is 104 Å². The molecule has 39 heavy (non-hydrogen) atoms. The van der Waals surface area contributed by atoms with Gasteiger partial charge in [-0.25, -0.2) is 0 Å². The number of hydrogen-bond acceptors (Lipinski definition) is 1. The zero-order valence-electron chi connectivity index (χ0n) is 21.7. The predicted octanol–water partition coefficient (Wildman–Crippen LogP) is 9.73. The standard InChI is InChI=1S/C37H28N2/c1-27-13-5-4-12-24-38(30-14-6-2-7-15-30)35-23-21-28(25-34(27)35)29-20-22-33-32-18-10-11-19-36(32)39(37(33)26-29)31-16-8-3-9-17-31/h2-23,25-26H,1,24H2/b12-4-,13-5-. The Morgan fingerprint density at radius 2 is 1.23 bits per heavy atom. The van der Waals surface area contributed by atoms with Gasteiger partial charge in [0.25, 0.3) is 0 Å². The summed E-state index contributed by atoms with van der Waals surface area (Å²) in [4.78, 5) is 2.35. The topological polar surface area (TPSA) is 8.17 Å². The van der Waals surface area contributed by atoms with Crippen molar-refractivity contribution in [1.82, 2.24) is 4.57 Å². The fraction of sp³-hybridized carbons (Fsp3) is 0.0270. The van der Waals surface area contributed by atoms with Gasteiger partial charge in [-0.05, 0) is 65.2 Å². The monoisotopic (exact) mass is 500 g/mol. The molecule has 0 atom stereocenters. The molecule has 6 aromatic rings. The summed E-state index contributed by atoms with van der Waals surface area (Å²) in [6.45, 7) is 5.23. The first-order chi connectivity index (χ1) is 19.3. The van der Waals surface area contributed by atoms with Crippen molar-refractivity contribution < 1.29 is 0 Å². The van der Waals surface area contributed by atoms with Crippen molar-refractivity contribution in [3.05, 3.63) is 158 Å². The molecule has 0 spiro atoms. The summed E-state index contributed by atoms with van der Waals surface area (Å²) >= 11 is 0. The molecule has 1 aliphatic heterocycles. The van der Waals surface area contributed by atoms with E-state index in [0.717, 1.165) is 23.4 Å². The summed E-state index contributed by atoms with van der Waals surface area (Å²) < 4.78 is 2.37. The van der Waals surface area contributed by atoms with E-state index in [2.05, 4.69) is 162 Å². The second-order valence-corrected chi connectivity index (χ2v) is 9.91. The maximum Gasteiger partial charge on any atom is 0.0547 e. The van der Waals surface area contributed by atoms with Gasteiger partial charge in [0, 0.05) is 39.9 Å². The maximum absolute atomic E-state index is 4.44. The summed E-state index contributed by atoms with van der Waals surface area (Å²) in [5.74, 6) is 0. The first-order valence-corrected chi connectivity index (χ1v) is 13.4. The number of allylic oxidation sites excluding steroid dienone is 4. The fourth-order valence-electron chi connectivity index (χ4n) is 5.67. The van der Waals surface area contributed by atoms with Gasteiger partial charge in [0.2, 0.25) is 0 Å². The second kappa shape index (κ2) is 9.66. The Balaban J connectivity index is 1.41. The van der Waals surface area contributed by atoms with Crippen LogP contribution in [0, 0.1) is 0 Å². The Labute approximate surface area is 229 Å². The van der Waals surface area contributed by atoms with Crippen LogP contribution in [0.25, 0.3) is 44.2 Å². The summed E-state index contributed by atoms with van der Waals surface area (Å²) in [6.07, 6.45) is 8.47. The van der Waals surface area contributed by atoms with Gasteiger partial charge in [0.1, 0.15) is 0 Å². The average Bonchev–Trinajstić information content (AvgIpc) is 3.36. The van der Waals surface area contributed by atoms with Gasteiger partial charge in [0.05, 0.1) is 11.0 Å². The summed E-state index contributed by atoms with van der Waals surface area (Å²) in [6, 6.07) is 43.5. The third-order valence-electron chi connectivity index (χ3n) is 7.56. The van der Waals surface area contributed by atoms with E-state index in [1.54, 1.807) is 0 Å². The summed E-state index contributed by atoms with van der Waals surface area (Å²) in [5.41, 5.74) is 10.4. The third kappa shape index (κ3) is 4.07. The van der Waals surface area contributed by atoms with Crippen LogP contribution < -0.4 is 4.90 Å². The van der Waals surface area contributed by atoms with Crippen molar-refractivity contribution >= 4 is 38.8 Å². The summed E-state index contributed by atoms with van der Waals surface area (Å²) in [7, 11) is 0. The van der Waals surface area contributed by atoms with Gasteiger partial charge in [-0.15, -0.1) is 0 Å². The Morgan fingerprint density at radius 1 is 0.564 bits per heavy atom. The molecule has 2 nitrogen and oxygen atoms in total. The minimum absolute atomic E-state index is 0.789. The molecule has 0 aliphatic carbocycles. The lowest BCUT2D eigenvalue weighted by Gasteiger charge is -2.27. The number of nitrogens with zero attached hydrogens (tertiary/aromatic N) is 2. The van der Waals surface area contributed by atoms with Crippen molar-refractivity contribution in [3.63, 3.8) is 0 Å². The molecule has 0 saturated heterocycles. The minimum atomic E-state index is 0.789. The van der Waals surface area contributed by atoms with Gasteiger partial charge < -0.3 is 9.47 Å². The molecule has 2 heteroatoms. The van der Waals surface area contributed by atoms with Crippen LogP contribution in [0.1, 0.15) is 5.56 Å². The van der Waals surface area contributed by atoms with Crippen LogP contribution in [-0.2, 0) is 0 Å². The molecule has 186 valence electrons. The normalized spacial score (nSPS) is 15.0. The molecule has 1 aromatic heterocycles. The molecule has 0 saturated carbocycles. The number of para-hydroxylation sites is 3. The number of rotatable bonds is 3. The van der Waals surface area contributed by atoms with E-state index in [1.807, 2.05) is 0 Å². The summed E-state index contributed by atoms with van der Waals surface area (Å²) in [5, 5.41) is 2.52. The molecule has 1 aliphatic rings. The Kier molecular flexibility index (Phi) is 5.71. The lowest BCUT2D eigenvalue weighted by Crippen LogP contribution is -2.18. The van der Waals surface area contributed by atoms with Gasteiger partial charge >= 0.3 is 0 Å². The smallest absolute Gasteiger partial charge is 0.0547 e. The van der Waals surface area contributed by atoms with Crippen LogP contribution in [0.2, 0.25) is 0 Å². The SMILES string of the molecule is C=C1/C=C\C=C/CN(c2ccccc2)c2ccc(-c3ccc4c5ccccc5n(-c5ccccc5)c4c3)cc21. The zero-order valence-corrected chi connectivity index (χ0v) is 21.7. The van der Waals surface area contributed by atoms with E-state index in [-0.39, 0.29) is 0 Å². The minimum Gasteiger partial charge on any atom is -0.337 e. The zero-order chi connectivity index (χ0) is 26.2. The van der Waals surface area contributed by atoms with Crippen LogP contribution in [0.4, 0.5) is 11.4 Å². The molecule has 0 fully saturated rings. The van der Waals surface area contributed by atoms with E-state index < -0.39 is 0 Å². The Bertz CT molecular complexity index is 1890. The Morgan fingerprint density at radius 3 is 2.05 bits per heavy atom. The van der Waals surface area contributed by atoms with Gasteiger partial charge in [-0.2, -0.15) is 0 Å². The van der Waals surface area contributed by atoms with Crippen LogP contribution in [0.3, 0.4) is 0 Å². The predicted molar refractivity (Wildman–Crippen MR) is 167 cm³/mol. The van der Waals surface area contributed by atoms with Crippen molar-refractivity contribution in [1.29, 1.82) is 0 Å². The van der Waals surface area contributed by atoms with Gasteiger partial charge in [0.15, 0.2) is 0 Å².